The first-order chi connectivity index (χ1) is 18.9. The number of carbonyl (C=O) groups is 2. The van der Waals surface area contributed by atoms with Gasteiger partial charge in [-0.05, 0) is 92.8 Å². The highest BCUT2D eigenvalue weighted by Gasteiger charge is 2.51. The average Bonchev–Trinajstić information content (AvgIpc) is 3.39. The largest absolute Gasteiger partial charge is 0.478 e. The maximum absolute atomic E-state index is 14.1. The number of carboxylic acid groups (broad SMARTS) is 1. The maximum Gasteiger partial charge on any atom is 0.417 e. The van der Waals surface area contributed by atoms with E-state index >= 15 is 0 Å². The lowest BCUT2D eigenvalue weighted by molar-refractivity contribution is -0.146. The van der Waals surface area contributed by atoms with Crippen molar-refractivity contribution in [1.82, 2.24) is 14.8 Å². The van der Waals surface area contributed by atoms with Gasteiger partial charge in [0.15, 0.2) is 0 Å². The number of carbonyl (C=O) groups excluding carboxylic acids is 1. The van der Waals surface area contributed by atoms with Crippen molar-refractivity contribution in [3.63, 3.8) is 0 Å². The summed E-state index contributed by atoms with van der Waals surface area (Å²) in [6, 6.07) is 6.97. The van der Waals surface area contributed by atoms with Crippen molar-refractivity contribution < 1.29 is 27.9 Å². The van der Waals surface area contributed by atoms with Crippen molar-refractivity contribution in [2.75, 3.05) is 19.6 Å². The first-order valence-corrected chi connectivity index (χ1v) is 14.3. The number of carboxylic acids is 1. The summed E-state index contributed by atoms with van der Waals surface area (Å²) in [5.41, 5.74) is 2.17. The molecule has 3 heterocycles. The second kappa shape index (κ2) is 10.8. The molecule has 0 radical (unpaired) electrons. The fourth-order valence-electron chi connectivity index (χ4n) is 7.30. The van der Waals surface area contributed by atoms with Gasteiger partial charge in [0.05, 0.1) is 16.5 Å². The highest BCUT2D eigenvalue weighted by Crippen LogP contribution is 2.49. The SMILES string of the molecule is Cc1c(C(=O)O)cccc1C1CCN([C@@H]2CC[C@@](C(=O)N3CCc4ncc(C(F)(F)F)cc4C3)(C(C)C)C2)CC1. The number of amides is 1. The van der Waals surface area contributed by atoms with E-state index in [9.17, 15) is 27.9 Å². The van der Waals surface area contributed by atoms with Gasteiger partial charge in [0.2, 0.25) is 5.91 Å². The van der Waals surface area contributed by atoms with Crippen LogP contribution in [-0.4, -0.2) is 57.4 Å². The van der Waals surface area contributed by atoms with Crippen molar-refractivity contribution in [3.05, 3.63) is 64.0 Å². The van der Waals surface area contributed by atoms with E-state index in [2.05, 4.69) is 23.7 Å². The van der Waals surface area contributed by atoms with E-state index in [0.29, 0.717) is 35.7 Å². The molecule has 1 amide bonds. The predicted octanol–water partition coefficient (Wildman–Crippen LogP) is 6.07. The number of pyridine rings is 1. The quantitative estimate of drug-likeness (QED) is 0.483. The Morgan fingerprint density at radius 2 is 1.85 bits per heavy atom. The lowest BCUT2D eigenvalue weighted by atomic mass is 9.73. The number of rotatable bonds is 5. The second-order valence-corrected chi connectivity index (χ2v) is 12.1. The molecule has 2 aromatic rings. The van der Waals surface area contributed by atoms with Crippen LogP contribution in [0.5, 0.6) is 0 Å². The fourth-order valence-corrected chi connectivity index (χ4v) is 7.30. The highest BCUT2D eigenvalue weighted by molar-refractivity contribution is 5.89. The van der Waals surface area contributed by atoms with Gasteiger partial charge in [-0.3, -0.25) is 9.78 Å². The van der Waals surface area contributed by atoms with Crippen molar-refractivity contribution in [2.45, 2.75) is 84.0 Å². The molecule has 1 aromatic carbocycles. The van der Waals surface area contributed by atoms with E-state index in [0.717, 1.165) is 68.6 Å². The van der Waals surface area contributed by atoms with Gasteiger partial charge >= 0.3 is 12.1 Å². The Morgan fingerprint density at radius 1 is 1.12 bits per heavy atom. The first-order valence-electron chi connectivity index (χ1n) is 14.3. The van der Waals surface area contributed by atoms with Gasteiger partial charge in [-0.1, -0.05) is 26.0 Å². The normalized spacial score (nSPS) is 24.4. The second-order valence-electron chi connectivity index (χ2n) is 12.1. The molecule has 6 nitrogen and oxygen atoms in total. The number of likely N-dealkylation sites (tertiary alicyclic amines) is 1. The number of benzene rings is 1. The van der Waals surface area contributed by atoms with E-state index in [-0.39, 0.29) is 24.4 Å². The molecule has 5 rings (SSSR count). The van der Waals surface area contributed by atoms with Crippen LogP contribution in [-0.2, 0) is 23.9 Å². The number of halogens is 3. The molecule has 0 unspecified atom stereocenters. The number of hydrogen-bond donors (Lipinski definition) is 1. The molecule has 3 aliphatic rings. The van der Waals surface area contributed by atoms with Gasteiger partial charge < -0.3 is 14.9 Å². The van der Waals surface area contributed by atoms with E-state index < -0.39 is 23.1 Å². The van der Waals surface area contributed by atoms with E-state index in [4.69, 9.17) is 0 Å². The molecule has 2 fully saturated rings. The molecule has 1 aromatic heterocycles. The number of piperidine rings is 1. The Hall–Kier alpha value is -2.94. The topological polar surface area (TPSA) is 73.7 Å². The Bertz CT molecular complexity index is 1290. The Morgan fingerprint density at radius 3 is 2.50 bits per heavy atom. The minimum atomic E-state index is -4.46. The van der Waals surface area contributed by atoms with Crippen LogP contribution >= 0.6 is 0 Å². The van der Waals surface area contributed by atoms with E-state index in [1.54, 1.807) is 11.0 Å². The monoisotopic (exact) mass is 557 g/mol. The maximum atomic E-state index is 14.1. The van der Waals surface area contributed by atoms with Gasteiger partial charge in [0.1, 0.15) is 0 Å². The van der Waals surface area contributed by atoms with Gasteiger partial charge in [-0.2, -0.15) is 13.2 Å². The zero-order valence-corrected chi connectivity index (χ0v) is 23.4. The van der Waals surface area contributed by atoms with Crippen LogP contribution in [0, 0.1) is 18.3 Å². The van der Waals surface area contributed by atoms with Gasteiger partial charge in [-0.25, -0.2) is 4.79 Å². The molecule has 0 bridgehead atoms. The molecule has 1 aliphatic carbocycles. The molecule has 1 N–H and O–H groups in total. The number of aromatic nitrogens is 1. The fraction of sp³-hybridized carbons (Fsp3) is 0.581. The molecule has 2 atom stereocenters. The van der Waals surface area contributed by atoms with Crippen LogP contribution < -0.4 is 0 Å². The van der Waals surface area contributed by atoms with Crippen LogP contribution in [0.15, 0.2) is 30.5 Å². The van der Waals surface area contributed by atoms with Gasteiger partial charge in [-0.15, -0.1) is 0 Å². The van der Waals surface area contributed by atoms with Crippen molar-refractivity contribution >= 4 is 11.9 Å². The number of aromatic carboxylic acids is 1. The standard InChI is InChI=1S/C31H38F3N3O3/c1-19(2)30(29(40)37-14-10-27-22(18-37)15-23(17-35-27)31(32,33)34)11-7-24(16-30)36-12-8-21(9-13-36)25-5-4-6-26(20(25)3)28(38)39/h4-6,15,17,19,21,24H,7-14,16,18H2,1-3H3,(H,38,39)/t24-,30+/m1/s1. The summed E-state index contributed by atoms with van der Waals surface area (Å²) in [4.78, 5) is 34.0. The lowest BCUT2D eigenvalue weighted by Crippen LogP contribution is -2.49. The molecular formula is C31H38F3N3O3. The minimum Gasteiger partial charge on any atom is -0.478 e. The summed E-state index contributed by atoms with van der Waals surface area (Å²) in [6.07, 6.45) is 1.24. The van der Waals surface area contributed by atoms with Gasteiger partial charge in [0, 0.05) is 37.4 Å². The zero-order valence-electron chi connectivity index (χ0n) is 23.4. The third kappa shape index (κ3) is 5.24. The first kappa shape index (κ1) is 28.6. The molecule has 1 saturated carbocycles. The third-order valence-electron chi connectivity index (χ3n) is 9.80. The summed E-state index contributed by atoms with van der Waals surface area (Å²) in [7, 11) is 0. The zero-order chi connectivity index (χ0) is 28.8. The lowest BCUT2D eigenvalue weighted by Gasteiger charge is -2.41. The summed E-state index contributed by atoms with van der Waals surface area (Å²) < 4.78 is 39.9. The number of alkyl halides is 3. The van der Waals surface area contributed by atoms with Gasteiger partial charge in [0.25, 0.3) is 0 Å². The van der Waals surface area contributed by atoms with Crippen molar-refractivity contribution in [2.24, 2.45) is 11.3 Å². The number of fused-ring (bicyclic) bond motifs is 1. The molecule has 2 aliphatic heterocycles. The van der Waals surface area contributed by atoms with Crippen LogP contribution in [0.4, 0.5) is 13.2 Å². The summed E-state index contributed by atoms with van der Waals surface area (Å²) in [5.74, 6) is -0.405. The van der Waals surface area contributed by atoms with Crippen LogP contribution in [0.2, 0.25) is 0 Å². The molecule has 0 spiro atoms. The molecule has 1 saturated heterocycles. The third-order valence-corrected chi connectivity index (χ3v) is 9.80. The van der Waals surface area contributed by atoms with Crippen molar-refractivity contribution in [1.29, 1.82) is 0 Å². The van der Waals surface area contributed by atoms with Crippen LogP contribution in [0.1, 0.15) is 90.2 Å². The summed E-state index contributed by atoms with van der Waals surface area (Å²) >= 11 is 0. The predicted molar refractivity (Wildman–Crippen MR) is 145 cm³/mol. The molecular weight excluding hydrogens is 519 g/mol. The number of hydrogen-bond acceptors (Lipinski definition) is 4. The number of nitrogens with zero attached hydrogens (tertiary/aromatic N) is 3. The molecule has 40 heavy (non-hydrogen) atoms. The highest BCUT2D eigenvalue weighted by atomic mass is 19.4. The van der Waals surface area contributed by atoms with E-state index in [1.807, 2.05) is 19.1 Å². The Kier molecular flexibility index (Phi) is 7.72. The molecule has 216 valence electrons. The van der Waals surface area contributed by atoms with Crippen molar-refractivity contribution in [3.8, 4) is 0 Å². The van der Waals surface area contributed by atoms with Crippen LogP contribution in [0.25, 0.3) is 0 Å². The average molecular weight is 558 g/mol. The summed E-state index contributed by atoms with van der Waals surface area (Å²) in [6.45, 7) is 8.52. The smallest absolute Gasteiger partial charge is 0.417 e. The molecule has 9 heteroatoms. The minimum absolute atomic E-state index is 0.0593. The van der Waals surface area contributed by atoms with E-state index in [1.165, 1.54) is 0 Å². The van der Waals surface area contributed by atoms with Crippen LogP contribution in [0.3, 0.4) is 0 Å². The Labute approximate surface area is 233 Å². The Balaban J connectivity index is 1.26. The summed E-state index contributed by atoms with van der Waals surface area (Å²) in [5, 5.41) is 9.51.